The smallest absolute Gasteiger partial charge is 0.311 e. The van der Waals surface area contributed by atoms with Crippen molar-refractivity contribution in [2.45, 2.75) is 13.3 Å². The number of carboxylic acid groups (broad SMARTS) is 1. The fourth-order valence-corrected chi connectivity index (χ4v) is 1.56. The molecule has 2 aromatic rings. The Morgan fingerprint density at radius 3 is 2.65 bits per heavy atom. The molecule has 0 amide bonds. The molecule has 0 radical (unpaired) electrons. The second-order valence-electron chi connectivity index (χ2n) is 3.58. The lowest BCUT2D eigenvalue weighted by Crippen LogP contribution is -2.00. The lowest BCUT2D eigenvalue weighted by molar-refractivity contribution is -0.136. The van der Waals surface area contributed by atoms with Gasteiger partial charge in [0.25, 0.3) is 0 Å². The van der Waals surface area contributed by atoms with Gasteiger partial charge in [0.1, 0.15) is 23.7 Å². The molecule has 0 fully saturated rings. The number of nitrogens with zero attached hydrogens (tertiary/aromatic N) is 1. The molecule has 1 aromatic carbocycles. The third kappa shape index (κ3) is 2.50. The highest BCUT2D eigenvalue weighted by molar-refractivity contribution is 5.73. The fraction of sp³-hybridized carbons (Fsp3) is 0.167. The maximum Gasteiger partial charge on any atom is 0.311 e. The number of halogens is 1. The topological polar surface area (TPSA) is 63.3 Å². The third-order valence-electron chi connectivity index (χ3n) is 2.23. The zero-order valence-electron chi connectivity index (χ0n) is 9.11. The van der Waals surface area contributed by atoms with Crippen LogP contribution in [0.1, 0.15) is 11.7 Å². The van der Waals surface area contributed by atoms with Crippen molar-refractivity contribution in [3.05, 3.63) is 41.7 Å². The van der Waals surface area contributed by atoms with Crippen LogP contribution in [0.25, 0.3) is 11.3 Å². The largest absolute Gasteiger partial charge is 0.481 e. The summed E-state index contributed by atoms with van der Waals surface area (Å²) in [5, 5.41) is 8.74. The van der Waals surface area contributed by atoms with Crippen LogP contribution in [0.2, 0.25) is 0 Å². The van der Waals surface area contributed by atoms with E-state index in [0.29, 0.717) is 17.1 Å². The molecule has 2 rings (SSSR count). The molecule has 17 heavy (non-hydrogen) atoms. The number of aryl methyl sites for hydroxylation is 1. The van der Waals surface area contributed by atoms with Gasteiger partial charge in [-0.1, -0.05) is 0 Å². The average molecular weight is 235 g/mol. The molecule has 0 atom stereocenters. The third-order valence-corrected chi connectivity index (χ3v) is 2.23. The Kier molecular flexibility index (Phi) is 2.91. The van der Waals surface area contributed by atoms with E-state index in [2.05, 4.69) is 4.98 Å². The van der Waals surface area contributed by atoms with Crippen molar-refractivity contribution >= 4 is 5.97 Å². The Hall–Kier alpha value is -2.17. The van der Waals surface area contributed by atoms with Gasteiger partial charge in [-0.05, 0) is 24.3 Å². The summed E-state index contributed by atoms with van der Waals surface area (Å²) in [5.74, 6) is -0.680. The highest BCUT2D eigenvalue weighted by Gasteiger charge is 2.15. The first-order chi connectivity index (χ1) is 8.06. The molecule has 0 aliphatic heterocycles. The van der Waals surface area contributed by atoms with Gasteiger partial charge in [0.2, 0.25) is 0 Å². The van der Waals surface area contributed by atoms with Gasteiger partial charge in [0.15, 0.2) is 5.89 Å². The Bertz CT molecular complexity index is 545. The maximum atomic E-state index is 12.8. The van der Waals surface area contributed by atoms with Gasteiger partial charge < -0.3 is 9.52 Å². The van der Waals surface area contributed by atoms with E-state index in [1.54, 1.807) is 6.92 Å². The second kappa shape index (κ2) is 4.37. The summed E-state index contributed by atoms with van der Waals surface area (Å²) in [7, 11) is 0. The molecule has 1 aromatic heterocycles. The molecule has 0 bridgehead atoms. The summed E-state index contributed by atoms with van der Waals surface area (Å²) < 4.78 is 18.0. The zero-order chi connectivity index (χ0) is 12.4. The Morgan fingerprint density at radius 2 is 2.06 bits per heavy atom. The van der Waals surface area contributed by atoms with E-state index in [0.717, 1.165) is 0 Å². The molecule has 0 spiro atoms. The number of aliphatic carboxylic acids is 1. The van der Waals surface area contributed by atoms with E-state index in [4.69, 9.17) is 9.52 Å². The lowest BCUT2D eigenvalue weighted by atomic mass is 10.1. The van der Waals surface area contributed by atoms with Crippen LogP contribution < -0.4 is 0 Å². The number of carboxylic acids is 1. The lowest BCUT2D eigenvalue weighted by Gasteiger charge is -1.98. The number of oxazole rings is 1. The number of rotatable bonds is 3. The molecule has 0 unspecified atom stereocenters. The molecule has 88 valence electrons. The predicted molar refractivity (Wildman–Crippen MR) is 58.0 cm³/mol. The SMILES string of the molecule is Cc1nc(-c2ccc(F)cc2)c(CC(=O)O)o1. The van der Waals surface area contributed by atoms with Crippen molar-refractivity contribution in [2.75, 3.05) is 0 Å². The summed E-state index contributed by atoms with van der Waals surface area (Å²) in [6.45, 7) is 1.64. The van der Waals surface area contributed by atoms with E-state index in [1.807, 2.05) is 0 Å². The van der Waals surface area contributed by atoms with E-state index >= 15 is 0 Å². The number of aromatic nitrogens is 1. The maximum absolute atomic E-state index is 12.8. The number of carbonyl (C=O) groups is 1. The summed E-state index contributed by atoms with van der Waals surface area (Å²) in [5.41, 5.74) is 1.09. The van der Waals surface area contributed by atoms with Crippen molar-refractivity contribution in [3.8, 4) is 11.3 Å². The number of benzene rings is 1. The molecule has 5 heteroatoms. The van der Waals surface area contributed by atoms with Crippen molar-refractivity contribution < 1.29 is 18.7 Å². The molecule has 4 nitrogen and oxygen atoms in total. The Morgan fingerprint density at radius 1 is 1.41 bits per heavy atom. The minimum Gasteiger partial charge on any atom is -0.481 e. The van der Waals surface area contributed by atoms with Crippen molar-refractivity contribution in [1.29, 1.82) is 0 Å². The summed E-state index contributed by atoms with van der Waals surface area (Å²) >= 11 is 0. The molecule has 0 saturated carbocycles. The molecule has 1 heterocycles. The van der Waals surface area contributed by atoms with Crippen LogP contribution in [0.4, 0.5) is 4.39 Å². The molecular formula is C12H10FNO3. The summed E-state index contributed by atoms with van der Waals surface area (Å²) in [6, 6.07) is 5.67. The van der Waals surface area contributed by atoms with Crippen molar-refractivity contribution in [3.63, 3.8) is 0 Å². The minimum absolute atomic E-state index is 0.243. The van der Waals surface area contributed by atoms with Gasteiger partial charge >= 0.3 is 5.97 Å². The monoisotopic (exact) mass is 235 g/mol. The van der Waals surface area contributed by atoms with Crippen LogP contribution in [0.5, 0.6) is 0 Å². The van der Waals surface area contributed by atoms with E-state index in [-0.39, 0.29) is 18.0 Å². The normalized spacial score (nSPS) is 10.5. The van der Waals surface area contributed by atoms with Crippen LogP contribution >= 0.6 is 0 Å². The molecule has 1 N–H and O–H groups in total. The van der Waals surface area contributed by atoms with Crippen LogP contribution in [-0.2, 0) is 11.2 Å². The summed E-state index contributed by atoms with van der Waals surface area (Å²) in [6.07, 6.45) is -0.243. The van der Waals surface area contributed by atoms with Gasteiger partial charge in [-0.2, -0.15) is 0 Å². The van der Waals surface area contributed by atoms with E-state index < -0.39 is 5.97 Å². The zero-order valence-corrected chi connectivity index (χ0v) is 9.11. The summed E-state index contributed by atoms with van der Waals surface area (Å²) in [4.78, 5) is 14.8. The van der Waals surface area contributed by atoms with Crippen molar-refractivity contribution in [1.82, 2.24) is 4.98 Å². The molecule has 0 saturated heterocycles. The predicted octanol–water partition coefficient (Wildman–Crippen LogP) is 2.42. The first-order valence-corrected chi connectivity index (χ1v) is 5.00. The van der Waals surface area contributed by atoms with Crippen LogP contribution in [0.3, 0.4) is 0 Å². The Balaban J connectivity index is 2.43. The van der Waals surface area contributed by atoms with Gasteiger partial charge in [-0.15, -0.1) is 0 Å². The van der Waals surface area contributed by atoms with Gasteiger partial charge in [-0.25, -0.2) is 9.37 Å². The first kappa shape index (κ1) is 11.3. The van der Waals surface area contributed by atoms with Gasteiger partial charge in [-0.3, -0.25) is 4.79 Å². The fourth-order valence-electron chi connectivity index (χ4n) is 1.56. The standard InChI is InChI=1S/C12H10FNO3/c1-7-14-12(10(17-7)6-11(15)16)8-2-4-9(13)5-3-8/h2-5H,6H2,1H3,(H,15,16). The molecule has 0 aliphatic carbocycles. The average Bonchev–Trinajstić information content (AvgIpc) is 2.59. The highest BCUT2D eigenvalue weighted by Crippen LogP contribution is 2.24. The van der Waals surface area contributed by atoms with Crippen LogP contribution in [-0.4, -0.2) is 16.1 Å². The number of hydrogen-bond acceptors (Lipinski definition) is 3. The molecular weight excluding hydrogens is 225 g/mol. The quantitative estimate of drug-likeness (QED) is 0.887. The highest BCUT2D eigenvalue weighted by atomic mass is 19.1. The van der Waals surface area contributed by atoms with Gasteiger partial charge in [0, 0.05) is 12.5 Å². The molecule has 0 aliphatic rings. The second-order valence-corrected chi connectivity index (χ2v) is 3.58. The first-order valence-electron chi connectivity index (χ1n) is 5.00. The van der Waals surface area contributed by atoms with Crippen LogP contribution in [0.15, 0.2) is 28.7 Å². The van der Waals surface area contributed by atoms with Gasteiger partial charge in [0.05, 0.1) is 0 Å². The Labute approximate surface area is 96.7 Å². The van der Waals surface area contributed by atoms with Crippen LogP contribution in [0, 0.1) is 12.7 Å². The minimum atomic E-state index is -0.996. The van der Waals surface area contributed by atoms with E-state index in [1.165, 1.54) is 24.3 Å². The number of hydrogen-bond donors (Lipinski definition) is 1. The van der Waals surface area contributed by atoms with Crippen molar-refractivity contribution in [2.24, 2.45) is 0 Å². The van der Waals surface area contributed by atoms with E-state index in [9.17, 15) is 9.18 Å².